The average Bonchev–Trinajstić information content (AvgIpc) is 2.74. The normalized spacial score (nSPS) is 14.1. The summed E-state index contributed by atoms with van der Waals surface area (Å²) in [6, 6.07) is 13.3. The number of para-hydroxylation sites is 1. The molecule has 1 heterocycles. The number of hydrogen-bond donors (Lipinski definition) is 3. The molecule has 0 unspecified atom stereocenters. The summed E-state index contributed by atoms with van der Waals surface area (Å²) < 4.78 is 13.9. The number of amides is 3. The molecule has 1 aliphatic heterocycles. The highest BCUT2D eigenvalue weighted by Crippen LogP contribution is 2.20. The SMILES string of the molecule is CC(=O)Nc1cccc(NC(=O)C(=O)NCCN2CCN(c3ccccc3F)CC2)c1. The molecule has 1 fully saturated rings. The molecule has 0 radical (unpaired) electrons. The van der Waals surface area contributed by atoms with Crippen molar-refractivity contribution in [2.75, 3.05) is 54.8 Å². The first-order valence-electron chi connectivity index (χ1n) is 10.1. The van der Waals surface area contributed by atoms with Gasteiger partial charge >= 0.3 is 11.8 Å². The summed E-state index contributed by atoms with van der Waals surface area (Å²) in [4.78, 5) is 39.4. The Hall–Kier alpha value is -3.46. The van der Waals surface area contributed by atoms with Gasteiger partial charge in [0.2, 0.25) is 5.91 Å². The highest BCUT2D eigenvalue weighted by atomic mass is 19.1. The molecule has 0 saturated carbocycles. The Bertz CT molecular complexity index is 944. The molecule has 0 bridgehead atoms. The third kappa shape index (κ3) is 6.51. The lowest BCUT2D eigenvalue weighted by molar-refractivity contribution is -0.136. The summed E-state index contributed by atoms with van der Waals surface area (Å²) in [7, 11) is 0. The number of nitrogens with one attached hydrogen (secondary N) is 3. The molecule has 2 aromatic carbocycles. The zero-order valence-electron chi connectivity index (χ0n) is 17.4. The first-order chi connectivity index (χ1) is 14.9. The first-order valence-corrected chi connectivity index (χ1v) is 10.1. The minimum absolute atomic E-state index is 0.225. The first kappa shape index (κ1) is 22.2. The molecule has 31 heavy (non-hydrogen) atoms. The van der Waals surface area contributed by atoms with Crippen LogP contribution in [0.25, 0.3) is 0 Å². The molecule has 0 aromatic heterocycles. The Labute approximate surface area is 180 Å². The third-order valence-corrected chi connectivity index (χ3v) is 4.93. The summed E-state index contributed by atoms with van der Waals surface area (Å²) in [6.45, 7) is 5.19. The van der Waals surface area contributed by atoms with E-state index in [0.717, 1.165) is 13.1 Å². The second kappa shape index (κ2) is 10.5. The van der Waals surface area contributed by atoms with Crippen LogP contribution in [-0.4, -0.2) is 61.9 Å². The van der Waals surface area contributed by atoms with Gasteiger partial charge in [-0.2, -0.15) is 0 Å². The van der Waals surface area contributed by atoms with Crippen LogP contribution >= 0.6 is 0 Å². The molecular formula is C22H26FN5O3. The largest absolute Gasteiger partial charge is 0.367 e. The van der Waals surface area contributed by atoms with Crippen molar-refractivity contribution in [3.63, 3.8) is 0 Å². The van der Waals surface area contributed by atoms with Crippen molar-refractivity contribution in [1.82, 2.24) is 10.2 Å². The van der Waals surface area contributed by atoms with E-state index in [1.165, 1.54) is 13.0 Å². The van der Waals surface area contributed by atoms with Gasteiger partial charge < -0.3 is 20.9 Å². The van der Waals surface area contributed by atoms with Gasteiger partial charge in [0.25, 0.3) is 0 Å². The molecule has 3 N–H and O–H groups in total. The number of nitrogens with zero attached hydrogens (tertiary/aromatic N) is 2. The van der Waals surface area contributed by atoms with Crippen molar-refractivity contribution < 1.29 is 18.8 Å². The van der Waals surface area contributed by atoms with E-state index in [1.807, 2.05) is 11.0 Å². The van der Waals surface area contributed by atoms with E-state index in [2.05, 4.69) is 20.9 Å². The van der Waals surface area contributed by atoms with Crippen LogP contribution in [0.2, 0.25) is 0 Å². The van der Waals surface area contributed by atoms with Crippen molar-refractivity contribution in [2.45, 2.75) is 6.92 Å². The standard InChI is InChI=1S/C22H26FN5O3/c1-16(29)25-17-5-4-6-18(15-17)26-22(31)21(30)24-9-10-27-11-13-28(14-12-27)20-8-3-2-7-19(20)23/h2-8,15H,9-14H2,1H3,(H,24,30)(H,25,29)(H,26,31). The van der Waals surface area contributed by atoms with Crippen molar-refractivity contribution in [3.05, 3.63) is 54.3 Å². The highest BCUT2D eigenvalue weighted by Gasteiger charge is 2.20. The molecule has 9 heteroatoms. The lowest BCUT2D eigenvalue weighted by Gasteiger charge is -2.36. The Morgan fingerprint density at radius 1 is 0.903 bits per heavy atom. The summed E-state index contributed by atoms with van der Waals surface area (Å²) in [5.41, 5.74) is 1.55. The van der Waals surface area contributed by atoms with Crippen LogP contribution in [0.3, 0.4) is 0 Å². The van der Waals surface area contributed by atoms with Gasteiger partial charge in [-0.3, -0.25) is 19.3 Å². The molecule has 0 aliphatic carbocycles. The van der Waals surface area contributed by atoms with E-state index in [1.54, 1.807) is 36.4 Å². The van der Waals surface area contributed by atoms with Crippen molar-refractivity contribution >= 4 is 34.8 Å². The van der Waals surface area contributed by atoms with Gasteiger partial charge in [-0.05, 0) is 30.3 Å². The average molecular weight is 427 g/mol. The monoisotopic (exact) mass is 427 g/mol. The van der Waals surface area contributed by atoms with E-state index in [4.69, 9.17) is 0 Å². The van der Waals surface area contributed by atoms with Crippen LogP contribution in [0, 0.1) is 5.82 Å². The van der Waals surface area contributed by atoms with Crippen molar-refractivity contribution in [3.8, 4) is 0 Å². The van der Waals surface area contributed by atoms with E-state index >= 15 is 0 Å². The summed E-state index contributed by atoms with van der Waals surface area (Å²) in [5, 5.41) is 7.74. The summed E-state index contributed by atoms with van der Waals surface area (Å²) >= 11 is 0. The Morgan fingerprint density at radius 3 is 2.26 bits per heavy atom. The fourth-order valence-electron chi connectivity index (χ4n) is 3.39. The van der Waals surface area contributed by atoms with E-state index < -0.39 is 11.8 Å². The Morgan fingerprint density at radius 2 is 1.58 bits per heavy atom. The number of piperazine rings is 1. The van der Waals surface area contributed by atoms with E-state index in [9.17, 15) is 18.8 Å². The number of carbonyl (C=O) groups excluding carboxylic acids is 3. The van der Waals surface area contributed by atoms with Gasteiger partial charge in [0.05, 0.1) is 5.69 Å². The molecule has 3 amide bonds. The smallest absolute Gasteiger partial charge is 0.313 e. The van der Waals surface area contributed by atoms with Crippen LogP contribution in [0.15, 0.2) is 48.5 Å². The number of hydrogen-bond acceptors (Lipinski definition) is 5. The van der Waals surface area contributed by atoms with E-state index in [0.29, 0.717) is 43.2 Å². The lowest BCUT2D eigenvalue weighted by atomic mass is 10.2. The molecule has 1 aliphatic rings. The minimum Gasteiger partial charge on any atom is -0.367 e. The quantitative estimate of drug-likeness (QED) is 0.610. The van der Waals surface area contributed by atoms with Gasteiger partial charge in [-0.1, -0.05) is 18.2 Å². The van der Waals surface area contributed by atoms with Crippen LogP contribution in [-0.2, 0) is 14.4 Å². The lowest BCUT2D eigenvalue weighted by Crippen LogP contribution is -2.49. The van der Waals surface area contributed by atoms with Crippen molar-refractivity contribution in [1.29, 1.82) is 0 Å². The number of halogens is 1. The van der Waals surface area contributed by atoms with Crippen LogP contribution in [0.1, 0.15) is 6.92 Å². The van der Waals surface area contributed by atoms with Crippen molar-refractivity contribution in [2.24, 2.45) is 0 Å². The molecule has 1 saturated heterocycles. The summed E-state index contributed by atoms with van der Waals surface area (Å²) in [5.74, 6) is -1.95. The van der Waals surface area contributed by atoms with E-state index in [-0.39, 0.29) is 11.7 Å². The maximum Gasteiger partial charge on any atom is 0.313 e. The minimum atomic E-state index is -0.774. The fraction of sp³-hybridized carbons (Fsp3) is 0.318. The molecule has 164 valence electrons. The van der Waals surface area contributed by atoms with Crippen LogP contribution in [0.5, 0.6) is 0 Å². The number of anilines is 3. The molecular weight excluding hydrogens is 401 g/mol. The maximum atomic E-state index is 13.9. The predicted molar refractivity (Wildman–Crippen MR) is 117 cm³/mol. The second-order valence-corrected chi connectivity index (χ2v) is 7.25. The molecule has 8 nitrogen and oxygen atoms in total. The number of carbonyl (C=O) groups is 3. The van der Waals surface area contributed by atoms with Crippen LogP contribution in [0.4, 0.5) is 21.5 Å². The molecule has 3 rings (SSSR count). The van der Waals surface area contributed by atoms with Gasteiger partial charge in [-0.15, -0.1) is 0 Å². The zero-order valence-corrected chi connectivity index (χ0v) is 17.4. The molecule has 0 atom stereocenters. The third-order valence-electron chi connectivity index (χ3n) is 4.93. The second-order valence-electron chi connectivity index (χ2n) is 7.25. The molecule has 0 spiro atoms. The van der Waals surface area contributed by atoms with Gasteiger partial charge in [0.15, 0.2) is 0 Å². The van der Waals surface area contributed by atoms with Gasteiger partial charge in [0.1, 0.15) is 5.82 Å². The van der Waals surface area contributed by atoms with Gasteiger partial charge in [-0.25, -0.2) is 4.39 Å². The topological polar surface area (TPSA) is 93.8 Å². The predicted octanol–water partition coefficient (Wildman–Crippen LogP) is 1.66. The Balaban J connectivity index is 1.39. The number of benzene rings is 2. The molecule has 2 aromatic rings. The summed E-state index contributed by atoms with van der Waals surface area (Å²) in [6.07, 6.45) is 0. The van der Waals surface area contributed by atoms with Gasteiger partial charge in [0, 0.05) is 57.6 Å². The zero-order chi connectivity index (χ0) is 22.2. The van der Waals surface area contributed by atoms with Crippen LogP contribution < -0.4 is 20.9 Å². The number of rotatable bonds is 6. The maximum absolute atomic E-state index is 13.9. The highest BCUT2D eigenvalue weighted by molar-refractivity contribution is 6.39. The Kier molecular flexibility index (Phi) is 7.55. The fourth-order valence-corrected chi connectivity index (χ4v) is 3.39.